The Labute approximate surface area is 158 Å². The van der Waals surface area contributed by atoms with Crippen molar-refractivity contribution in [3.8, 4) is 11.3 Å². The van der Waals surface area contributed by atoms with Gasteiger partial charge in [0.1, 0.15) is 12.1 Å². The minimum absolute atomic E-state index is 0.516. The van der Waals surface area contributed by atoms with Crippen LogP contribution in [0.1, 0.15) is 11.3 Å². The molecule has 4 aromatic rings. The van der Waals surface area contributed by atoms with Crippen molar-refractivity contribution >= 4 is 22.4 Å². The van der Waals surface area contributed by atoms with Crippen molar-refractivity contribution in [2.24, 2.45) is 0 Å². The van der Waals surface area contributed by atoms with Crippen LogP contribution in [0.4, 0.5) is 24.7 Å². The number of rotatable bonds is 3. The van der Waals surface area contributed by atoms with Crippen LogP contribution in [0.25, 0.3) is 22.2 Å². The van der Waals surface area contributed by atoms with E-state index in [4.69, 9.17) is 0 Å². The molecule has 0 aliphatic carbocycles. The van der Waals surface area contributed by atoms with Crippen LogP contribution in [0.15, 0.2) is 60.9 Å². The lowest BCUT2D eigenvalue weighted by atomic mass is 10.1. The fourth-order valence-electron chi connectivity index (χ4n) is 2.82. The van der Waals surface area contributed by atoms with Gasteiger partial charge in [0, 0.05) is 22.7 Å². The number of fused-ring (bicyclic) bond motifs is 1. The number of aryl methyl sites for hydroxylation is 1. The van der Waals surface area contributed by atoms with Crippen molar-refractivity contribution in [1.29, 1.82) is 0 Å². The van der Waals surface area contributed by atoms with Crippen molar-refractivity contribution in [1.82, 2.24) is 20.2 Å². The van der Waals surface area contributed by atoms with Gasteiger partial charge in [0.2, 0.25) is 0 Å². The van der Waals surface area contributed by atoms with Crippen LogP contribution in [0, 0.1) is 6.92 Å². The minimum atomic E-state index is -4.37. The summed E-state index contributed by atoms with van der Waals surface area (Å²) >= 11 is 0. The van der Waals surface area contributed by atoms with Gasteiger partial charge in [0.05, 0.1) is 22.5 Å². The number of hydrogen-bond acceptors (Lipinski definition) is 5. The molecule has 0 aliphatic rings. The fourth-order valence-corrected chi connectivity index (χ4v) is 2.82. The van der Waals surface area contributed by atoms with Crippen molar-refractivity contribution < 1.29 is 13.2 Å². The molecular formula is C20H14F3N5. The predicted molar refractivity (Wildman–Crippen MR) is 100 cm³/mol. The Balaban J connectivity index is 1.66. The van der Waals surface area contributed by atoms with Crippen LogP contribution in [0.3, 0.4) is 0 Å². The molecule has 2 aromatic heterocycles. The summed E-state index contributed by atoms with van der Waals surface area (Å²) in [5, 5.41) is 12.3. The van der Waals surface area contributed by atoms with Crippen molar-refractivity contribution in [3.05, 3.63) is 72.2 Å². The molecule has 8 heteroatoms. The first-order chi connectivity index (χ1) is 13.4. The Bertz CT molecular complexity index is 1140. The number of anilines is 2. The van der Waals surface area contributed by atoms with E-state index < -0.39 is 11.7 Å². The second-order valence-electron chi connectivity index (χ2n) is 6.21. The minimum Gasteiger partial charge on any atom is -0.340 e. The molecule has 0 saturated heterocycles. The van der Waals surface area contributed by atoms with Crippen molar-refractivity contribution in [3.63, 3.8) is 0 Å². The van der Waals surface area contributed by atoms with E-state index in [1.165, 1.54) is 18.5 Å². The van der Waals surface area contributed by atoms with Crippen LogP contribution in [-0.4, -0.2) is 20.2 Å². The number of nitrogens with one attached hydrogen (secondary N) is 1. The summed E-state index contributed by atoms with van der Waals surface area (Å²) < 4.78 is 38.2. The maximum absolute atomic E-state index is 12.7. The second kappa shape index (κ2) is 6.88. The predicted octanol–water partition coefficient (Wildman–Crippen LogP) is 5.16. The van der Waals surface area contributed by atoms with E-state index in [9.17, 15) is 13.2 Å². The van der Waals surface area contributed by atoms with E-state index >= 15 is 0 Å². The Kier molecular flexibility index (Phi) is 4.38. The molecule has 0 unspecified atom stereocenters. The number of alkyl halides is 3. The molecule has 0 radical (unpaired) electrons. The van der Waals surface area contributed by atoms with E-state index in [0.717, 1.165) is 34.4 Å². The highest BCUT2D eigenvalue weighted by atomic mass is 19.4. The molecule has 0 spiro atoms. The number of halogens is 3. The first-order valence-corrected chi connectivity index (χ1v) is 8.40. The average molecular weight is 381 g/mol. The zero-order valence-electron chi connectivity index (χ0n) is 14.7. The van der Waals surface area contributed by atoms with E-state index in [-0.39, 0.29) is 0 Å². The normalized spacial score (nSPS) is 11.6. The van der Waals surface area contributed by atoms with Gasteiger partial charge in [-0.3, -0.25) is 0 Å². The summed E-state index contributed by atoms with van der Waals surface area (Å²) in [6.07, 6.45) is -3.00. The topological polar surface area (TPSA) is 63.6 Å². The maximum Gasteiger partial charge on any atom is 0.416 e. The highest BCUT2D eigenvalue weighted by Crippen LogP contribution is 2.31. The van der Waals surface area contributed by atoms with Crippen LogP contribution < -0.4 is 5.32 Å². The Hall–Kier alpha value is -3.55. The number of benzene rings is 2. The highest BCUT2D eigenvalue weighted by molar-refractivity contribution is 5.92. The summed E-state index contributed by atoms with van der Waals surface area (Å²) in [7, 11) is 0. The second-order valence-corrected chi connectivity index (χ2v) is 6.21. The molecule has 0 fully saturated rings. The Morgan fingerprint density at radius 2 is 1.68 bits per heavy atom. The van der Waals surface area contributed by atoms with Crippen LogP contribution >= 0.6 is 0 Å². The lowest BCUT2D eigenvalue weighted by Crippen LogP contribution is -2.04. The molecule has 0 bridgehead atoms. The molecule has 2 heterocycles. The lowest BCUT2D eigenvalue weighted by Gasteiger charge is -2.10. The maximum atomic E-state index is 12.7. The van der Waals surface area contributed by atoms with Gasteiger partial charge in [-0.25, -0.2) is 9.97 Å². The molecule has 5 nitrogen and oxygen atoms in total. The number of aromatic nitrogens is 4. The highest BCUT2D eigenvalue weighted by Gasteiger charge is 2.30. The quantitative estimate of drug-likeness (QED) is 0.531. The monoisotopic (exact) mass is 381 g/mol. The zero-order chi connectivity index (χ0) is 19.7. The third-order valence-corrected chi connectivity index (χ3v) is 4.19. The van der Waals surface area contributed by atoms with Gasteiger partial charge in [0.25, 0.3) is 0 Å². The standard InChI is InChI=1S/C20H14F3N5/c1-12-9-15-16(3-2-4-17(15)28-27-12)26-19-10-18(24-11-25-19)13-5-7-14(8-6-13)20(21,22)23/h2-11H,1H3,(H,24,25,26). The molecule has 2 aromatic carbocycles. The number of nitrogens with zero attached hydrogens (tertiary/aromatic N) is 4. The molecule has 0 saturated carbocycles. The summed E-state index contributed by atoms with van der Waals surface area (Å²) in [5.74, 6) is 0.520. The summed E-state index contributed by atoms with van der Waals surface area (Å²) in [4.78, 5) is 8.37. The smallest absolute Gasteiger partial charge is 0.340 e. The molecule has 140 valence electrons. The molecular weight excluding hydrogens is 367 g/mol. The molecule has 0 aliphatic heterocycles. The van der Waals surface area contributed by atoms with Crippen molar-refractivity contribution in [2.45, 2.75) is 13.1 Å². The van der Waals surface area contributed by atoms with Crippen molar-refractivity contribution in [2.75, 3.05) is 5.32 Å². The fraction of sp³-hybridized carbons (Fsp3) is 0.100. The van der Waals surface area contributed by atoms with E-state index in [2.05, 4.69) is 25.5 Å². The summed E-state index contributed by atoms with van der Waals surface area (Å²) in [5.41, 5.74) is 2.71. The Morgan fingerprint density at radius 3 is 2.43 bits per heavy atom. The van der Waals surface area contributed by atoms with Gasteiger partial charge in [0.15, 0.2) is 0 Å². The van der Waals surface area contributed by atoms with E-state index in [1.807, 2.05) is 31.2 Å². The van der Waals surface area contributed by atoms with Crippen LogP contribution in [0.5, 0.6) is 0 Å². The zero-order valence-corrected chi connectivity index (χ0v) is 14.7. The van der Waals surface area contributed by atoms with Gasteiger partial charge in [-0.05, 0) is 37.3 Å². The molecule has 28 heavy (non-hydrogen) atoms. The lowest BCUT2D eigenvalue weighted by molar-refractivity contribution is -0.137. The first kappa shape index (κ1) is 17.8. The third kappa shape index (κ3) is 3.62. The average Bonchev–Trinajstić information content (AvgIpc) is 2.68. The number of hydrogen-bond donors (Lipinski definition) is 1. The van der Waals surface area contributed by atoms with Gasteiger partial charge >= 0.3 is 6.18 Å². The SMILES string of the molecule is Cc1cc2c(Nc3cc(-c4ccc(C(F)(F)F)cc4)ncn3)cccc2nn1. The van der Waals surface area contributed by atoms with E-state index in [0.29, 0.717) is 17.1 Å². The van der Waals surface area contributed by atoms with Gasteiger partial charge in [-0.2, -0.15) is 23.4 Å². The molecule has 4 rings (SSSR count). The molecule has 1 N–H and O–H groups in total. The summed E-state index contributed by atoms with van der Waals surface area (Å²) in [6, 6.07) is 14.1. The molecule has 0 atom stereocenters. The summed E-state index contributed by atoms with van der Waals surface area (Å²) in [6.45, 7) is 1.86. The molecule has 0 amide bonds. The Morgan fingerprint density at radius 1 is 0.893 bits per heavy atom. The van der Waals surface area contributed by atoms with E-state index in [1.54, 1.807) is 6.07 Å². The third-order valence-electron chi connectivity index (χ3n) is 4.19. The van der Waals surface area contributed by atoms with Gasteiger partial charge in [-0.15, -0.1) is 0 Å². The largest absolute Gasteiger partial charge is 0.416 e. The first-order valence-electron chi connectivity index (χ1n) is 8.40. The van der Waals surface area contributed by atoms with Gasteiger partial charge < -0.3 is 5.32 Å². The van der Waals surface area contributed by atoms with Crippen LogP contribution in [0.2, 0.25) is 0 Å². The van der Waals surface area contributed by atoms with Gasteiger partial charge in [-0.1, -0.05) is 18.2 Å². The van der Waals surface area contributed by atoms with Crippen LogP contribution in [-0.2, 0) is 6.18 Å².